The quantitative estimate of drug-likeness (QED) is 0.900. The molecule has 0 saturated heterocycles. The number of fused-ring (bicyclic) bond motifs is 1. The number of halogens is 1. The summed E-state index contributed by atoms with van der Waals surface area (Å²) in [6, 6.07) is 10.6. The lowest BCUT2D eigenvalue weighted by Crippen LogP contribution is -2.11. The summed E-state index contributed by atoms with van der Waals surface area (Å²) in [5.41, 5.74) is 2.63. The second-order valence-electron chi connectivity index (χ2n) is 5.75. The van der Waals surface area contributed by atoms with E-state index >= 15 is 0 Å². The SMILES string of the molecule is COc1cc2c(cc1NS(C)(=O)=O)C(c1ccc(Cl)cc1)CC2=O. The van der Waals surface area contributed by atoms with Gasteiger partial charge >= 0.3 is 0 Å². The molecule has 0 aliphatic heterocycles. The Bertz CT molecular complexity index is 907. The van der Waals surface area contributed by atoms with Crippen molar-refractivity contribution in [2.24, 2.45) is 0 Å². The third kappa shape index (κ3) is 3.25. The van der Waals surface area contributed by atoms with Gasteiger partial charge in [-0.2, -0.15) is 0 Å². The molecule has 0 spiro atoms. The topological polar surface area (TPSA) is 72.5 Å². The highest BCUT2D eigenvalue weighted by molar-refractivity contribution is 7.92. The summed E-state index contributed by atoms with van der Waals surface area (Å²) in [4.78, 5) is 12.4. The maximum Gasteiger partial charge on any atom is 0.229 e. The van der Waals surface area contributed by atoms with Gasteiger partial charge in [-0.25, -0.2) is 8.42 Å². The monoisotopic (exact) mass is 365 g/mol. The van der Waals surface area contributed by atoms with Gasteiger partial charge in [-0.3, -0.25) is 9.52 Å². The van der Waals surface area contributed by atoms with Crippen molar-refractivity contribution in [2.45, 2.75) is 12.3 Å². The van der Waals surface area contributed by atoms with Gasteiger partial charge in [-0.05, 0) is 35.4 Å². The van der Waals surface area contributed by atoms with Crippen LogP contribution < -0.4 is 9.46 Å². The Morgan fingerprint density at radius 3 is 2.46 bits per heavy atom. The Morgan fingerprint density at radius 2 is 1.88 bits per heavy atom. The smallest absolute Gasteiger partial charge is 0.229 e. The molecule has 2 aromatic carbocycles. The van der Waals surface area contributed by atoms with Crippen LogP contribution in [0.4, 0.5) is 5.69 Å². The number of carbonyl (C=O) groups is 1. The minimum Gasteiger partial charge on any atom is -0.495 e. The van der Waals surface area contributed by atoms with Crippen LogP contribution in [0.3, 0.4) is 0 Å². The lowest BCUT2D eigenvalue weighted by atomic mass is 9.93. The summed E-state index contributed by atoms with van der Waals surface area (Å²) in [7, 11) is -2.03. The molecule has 0 saturated carbocycles. The molecule has 24 heavy (non-hydrogen) atoms. The molecule has 0 fully saturated rings. The number of ketones is 1. The van der Waals surface area contributed by atoms with Crippen molar-refractivity contribution in [2.75, 3.05) is 18.1 Å². The number of Topliss-reactive ketones (excluding diaryl/α,β-unsaturated/α-hetero) is 1. The van der Waals surface area contributed by atoms with Crippen LogP contribution in [0, 0.1) is 0 Å². The van der Waals surface area contributed by atoms with Gasteiger partial charge in [-0.15, -0.1) is 0 Å². The average Bonchev–Trinajstić information content (AvgIpc) is 2.82. The molecular weight excluding hydrogens is 350 g/mol. The van der Waals surface area contributed by atoms with Crippen LogP contribution in [0.1, 0.15) is 33.8 Å². The molecule has 0 radical (unpaired) electrons. The zero-order valence-corrected chi connectivity index (χ0v) is 14.7. The number of hydrogen-bond donors (Lipinski definition) is 1. The van der Waals surface area contributed by atoms with Crippen molar-refractivity contribution in [3.8, 4) is 5.75 Å². The Morgan fingerprint density at radius 1 is 1.21 bits per heavy atom. The van der Waals surface area contributed by atoms with Crippen LogP contribution >= 0.6 is 11.6 Å². The fourth-order valence-corrected chi connectivity index (χ4v) is 3.66. The zero-order chi connectivity index (χ0) is 17.5. The number of sulfonamides is 1. The van der Waals surface area contributed by atoms with E-state index in [-0.39, 0.29) is 11.7 Å². The fraction of sp³-hybridized carbons (Fsp3) is 0.235. The number of anilines is 1. The summed E-state index contributed by atoms with van der Waals surface area (Å²) in [6.07, 6.45) is 1.41. The van der Waals surface area contributed by atoms with Gasteiger partial charge in [0.2, 0.25) is 10.0 Å². The maximum absolute atomic E-state index is 12.4. The summed E-state index contributed by atoms with van der Waals surface area (Å²) < 4.78 is 30.8. The van der Waals surface area contributed by atoms with Gasteiger partial charge in [0.25, 0.3) is 0 Å². The molecule has 0 amide bonds. The van der Waals surface area contributed by atoms with Crippen molar-refractivity contribution in [3.63, 3.8) is 0 Å². The summed E-state index contributed by atoms with van der Waals surface area (Å²) in [5.74, 6) is 0.203. The van der Waals surface area contributed by atoms with Gasteiger partial charge in [0.15, 0.2) is 5.78 Å². The number of nitrogens with one attached hydrogen (secondary N) is 1. The third-order valence-electron chi connectivity index (χ3n) is 4.00. The minimum atomic E-state index is -3.46. The van der Waals surface area contributed by atoms with E-state index in [9.17, 15) is 13.2 Å². The Hall–Kier alpha value is -2.05. The third-order valence-corrected chi connectivity index (χ3v) is 4.85. The van der Waals surface area contributed by atoms with E-state index in [2.05, 4.69) is 4.72 Å². The predicted molar refractivity (Wildman–Crippen MR) is 93.7 cm³/mol. The number of rotatable bonds is 4. The first-order valence-electron chi connectivity index (χ1n) is 7.27. The van der Waals surface area contributed by atoms with E-state index < -0.39 is 10.0 Å². The van der Waals surface area contributed by atoms with E-state index in [0.717, 1.165) is 17.4 Å². The summed E-state index contributed by atoms with van der Waals surface area (Å²) in [5, 5.41) is 0.623. The molecule has 1 aliphatic rings. The molecule has 2 aromatic rings. The lowest BCUT2D eigenvalue weighted by molar-refractivity contribution is 0.0991. The Kier molecular flexibility index (Phi) is 4.27. The number of ether oxygens (including phenoxy) is 1. The standard InChI is InChI=1S/C17H16ClNO4S/c1-23-17-9-14-13(7-15(17)19-24(2,21)22)12(8-16(14)20)10-3-5-11(18)6-4-10/h3-7,9,12,19H,8H2,1-2H3. The van der Waals surface area contributed by atoms with Gasteiger partial charge in [-0.1, -0.05) is 23.7 Å². The zero-order valence-electron chi connectivity index (χ0n) is 13.2. The van der Waals surface area contributed by atoms with Crippen molar-refractivity contribution in [3.05, 3.63) is 58.1 Å². The molecule has 1 aliphatic carbocycles. The molecule has 0 aromatic heterocycles. The van der Waals surface area contributed by atoms with E-state index in [1.54, 1.807) is 24.3 Å². The molecule has 7 heteroatoms. The van der Waals surface area contributed by atoms with E-state index in [0.29, 0.717) is 28.4 Å². The van der Waals surface area contributed by atoms with E-state index in [1.165, 1.54) is 7.11 Å². The normalized spacial score (nSPS) is 16.8. The second-order valence-corrected chi connectivity index (χ2v) is 7.93. The first-order valence-corrected chi connectivity index (χ1v) is 9.54. The number of methoxy groups -OCH3 is 1. The van der Waals surface area contributed by atoms with Crippen molar-refractivity contribution in [1.82, 2.24) is 0 Å². The molecule has 5 nitrogen and oxygen atoms in total. The average molecular weight is 366 g/mol. The highest BCUT2D eigenvalue weighted by Gasteiger charge is 2.32. The second kappa shape index (κ2) is 6.11. The van der Waals surface area contributed by atoms with Gasteiger partial charge in [0.05, 0.1) is 19.1 Å². The molecule has 1 N–H and O–H groups in total. The largest absolute Gasteiger partial charge is 0.495 e. The van der Waals surface area contributed by atoms with Crippen LogP contribution in [0.5, 0.6) is 5.75 Å². The molecule has 3 rings (SSSR count). The van der Waals surface area contributed by atoms with Crippen LogP contribution in [-0.4, -0.2) is 27.6 Å². The van der Waals surface area contributed by atoms with Gasteiger partial charge in [0.1, 0.15) is 5.75 Å². The summed E-state index contributed by atoms with van der Waals surface area (Å²) >= 11 is 5.92. The van der Waals surface area contributed by atoms with E-state index in [1.807, 2.05) is 12.1 Å². The van der Waals surface area contributed by atoms with Crippen molar-refractivity contribution >= 4 is 33.1 Å². The number of benzene rings is 2. The number of hydrogen-bond acceptors (Lipinski definition) is 4. The molecule has 0 heterocycles. The van der Waals surface area contributed by atoms with Crippen molar-refractivity contribution < 1.29 is 17.9 Å². The predicted octanol–water partition coefficient (Wildman–Crippen LogP) is 3.44. The molecule has 1 unspecified atom stereocenters. The fourth-order valence-electron chi connectivity index (χ4n) is 2.97. The molecular formula is C17H16ClNO4S. The highest BCUT2D eigenvalue weighted by Crippen LogP contribution is 2.42. The Labute approximate surface area is 145 Å². The first kappa shape index (κ1) is 16.8. The van der Waals surface area contributed by atoms with Gasteiger partial charge < -0.3 is 4.74 Å². The molecule has 1 atom stereocenters. The maximum atomic E-state index is 12.4. The highest BCUT2D eigenvalue weighted by atomic mass is 35.5. The molecule has 126 valence electrons. The van der Waals surface area contributed by atoms with Crippen LogP contribution in [-0.2, 0) is 10.0 Å². The molecule has 0 bridgehead atoms. The Balaban J connectivity index is 2.11. The number of carbonyl (C=O) groups excluding carboxylic acids is 1. The van der Waals surface area contributed by atoms with Gasteiger partial charge in [0, 0.05) is 22.9 Å². The summed E-state index contributed by atoms with van der Waals surface area (Å²) in [6.45, 7) is 0. The first-order chi connectivity index (χ1) is 11.3. The van der Waals surface area contributed by atoms with Crippen LogP contribution in [0.25, 0.3) is 0 Å². The lowest BCUT2D eigenvalue weighted by Gasteiger charge is -2.15. The van der Waals surface area contributed by atoms with Crippen molar-refractivity contribution in [1.29, 1.82) is 0 Å². The van der Waals surface area contributed by atoms with Crippen LogP contribution in [0.15, 0.2) is 36.4 Å². The van der Waals surface area contributed by atoms with Crippen LogP contribution in [0.2, 0.25) is 5.02 Å². The minimum absolute atomic E-state index is 0.00848. The van der Waals surface area contributed by atoms with E-state index in [4.69, 9.17) is 16.3 Å².